The summed E-state index contributed by atoms with van der Waals surface area (Å²) in [5.41, 5.74) is 0.897. The number of hydrogen-bond acceptors (Lipinski definition) is 2. The molecule has 4 nitrogen and oxygen atoms in total. The van der Waals surface area contributed by atoms with E-state index in [1.165, 1.54) is 6.92 Å². The van der Waals surface area contributed by atoms with E-state index in [0.717, 1.165) is 40.8 Å². The second-order valence-electron chi connectivity index (χ2n) is 9.70. The van der Waals surface area contributed by atoms with Crippen molar-refractivity contribution in [2.45, 2.75) is 44.7 Å². The molecule has 1 aliphatic heterocycles. The lowest BCUT2D eigenvalue weighted by molar-refractivity contribution is -0.131. The van der Waals surface area contributed by atoms with E-state index in [2.05, 4.69) is 4.98 Å². The average Bonchev–Trinajstić information content (AvgIpc) is 3.07. The predicted octanol–water partition coefficient (Wildman–Crippen LogP) is 5.93. The number of hydrogen-bond donors (Lipinski definition) is 2. The van der Waals surface area contributed by atoms with Crippen molar-refractivity contribution < 1.29 is 27.5 Å². The van der Waals surface area contributed by atoms with E-state index in [4.69, 9.17) is 5.11 Å². The summed E-state index contributed by atoms with van der Waals surface area (Å²) < 4.78 is 59.3. The number of rotatable bonds is 5. The number of H-pyrrole nitrogens is 1. The Bertz CT molecular complexity index is 1310. The number of carboxylic acids is 1. The van der Waals surface area contributed by atoms with Crippen molar-refractivity contribution in [3.63, 3.8) is 0 Å². The van der Waals surface area contributed by atoms with Crippen LogP contribution in [-0.4, -0.2) is 39.5 Å². The van der Waals surface area contributed by atoms with Gasteiger partial charge in [-0.25, -0.2) is 22.4 Å². The normalized spacial score (nSPS) is 26.2. The first-order valence-electron chi connectivity index (χ1n) is 11.1. The van der Waals surface area contributed by atoms with E-state index in [1.807, 2.05) is 31.2 Å². The van der Waals surface area contributed by atoms with Gasteiger partial charge in [0.2, 0.25) is 0 Å². The van der Waals surface area contributed by atoms with Gasteiger partial charge in [0.15, 0.2) is 0 Å². The molecule has 1 aliphatic carbocycles. The zero-order valence-corrected chi connectivity index (χ0v) is 18.7. The van der Waals surface area contributed by atoms with Gasteiger partial charge in [0, 0.05) is 52.7 Å². The summed E-state index contributed by atoms with van der Waals surface area (Å²) in [5.74, 6) is -5.77. The third kappa shape index (κ3) is 3.60. The SMILES string of the molecule is C[C@@H]1Cc2c([nH]c3ccccc23)[C@@H](c2c(F)cc(/C=C/C(=O)O)cc2F)N1CC1(C)CC1(F)F. The monoisotopic (exact) mass is 472 g/mol. The van der Waals surface area contributed by atoms with E-state index in [-0.39, 0.29) is 30.1 Å². The van der Waals surface area contributed by atoms with Crippen LogP contribution in [0, 0.1) is 17.0 Å². The molecule has 0 spiro atoms. The smallest absolute Gasteiger partial charge is 0.328 e. The standard InChI is InChI=1S/C26H24F4N2O2/c1-14-9-17-16-5-3-4-6-20(16)31-23(17)24(32(14)13-25(2)12-26(25,29)30)22-18(27)10-15(11-19(22)28)7-8-21(33)34/h3-8,10-11,14,24,31H,9,12-13H2,1-2H3,(H,33,34)/b8-7+/t14-,24-,25?/m1/s1. The average molecular weight is 472 g/mol. The first-order valence-corrected chi connectivity index (χ1v) is 11.1. The van der Waals surface area contributed by atoms with Crippen LogP contribution in [0.1, 0.15) is 48.7 Å². The molecule has 3 aromatic rings. The van der Waals surface area contributed by atoms with Gasteiger partial charge in [-0.15, -0.1) is 0 Å². The molecule has 0 bridgehead atoms. The number of aromatic nitrogens is 1. The van der Waals surface area contributed by atoms with Crippen LogP contribution in [0.3, 0.4) is 0 Å². The highest BCUT2D eigenvalue weighted by atomic mass is 19.3. The molecule has 2 aliphatic rings. The minimum Gasteiger partial charge on any atom is -0.478 e. The largest absolute Gasteiger partial charge is 0.478 e. The van der Waals surface area contributed by atoms with Gasteiger partial charge in [-0.1, -0.05) is 25.1 Å². The first kappa shape index (κ1) is 22.7. The van der Waals surface area contributed by atoms with Crippen LogP contribution in [0.4, 0.5) is 17.6 Å². The minimum absolute atomic E-state index is 0.0137. The van der Waals surface area contributed by atoms with E-state index >= 15 is 8.78 Å². The third-order valence-electron chi connectivity index (χ3n) is 7.21. The summed E-state index contributed by atoms with van der Waals surface area (Å²) in [4.78, 5) is 15.9. The number of benzene rings is 2. The van der Waals surface area contributed by atoms with Gasteiger partial charge in [0.25, 0.3) is 5.92 Å². The lowest BCUT2D eigenvalue weighted by atomic mass is 9.86. The zero-order chi connectivity index (χ0) is 24.4. The molecule has 8 heteroatoms. The van der Waals surface area contributed by atoms with Crippen LogP contribution in [-0.2, 0) is 11.2 Å². The molecule has 1 unspecified atom stereocenters. The van der Waals surface area contributed by atoms with Crippen molar-refractivity contribution in [1.29, 1.82) is 0 Å². The summed E-state index contributed by atoms with van der Waals surface area (Å²) in [6, 6.07) is 8.54. The maximum atomic E-state index is 15.5. The summed E-state index contributed by atoms with van der Waals surface area (Å²) in [6.45, 7) is 3.38. The van der Waals surface area contributed by atoms with Crippen molar-refractivity contribution in [2.75, 3.05) is 6.54 Å². The van der Waals surface area contributed by atoms with Gasteiger partial charge in [-0.2, -0.15) is 0 Å². The van der Waals surface area contributed by atoms with E-state index in [1.54, 1.807) is 4.90 Å². The fraction of sp³-hybridized carbons (Fsp3) is 0.346. The van der Waals surface area contributed by atoms with Crippen molar-refractivity contribution in [3.05, 3.63) is 76.5 Å². The van der Waals surface area contributed by atoms with Crippen molar-refractivity contribution in [2.24, 2.45) is 5.41 Å². The molecule has 2 N–H and O–H groups in total. The van der Waals surface area contributed by atoms with E-state index in [0.29, 0.717) is 12.1 Å². The van der Waals surface area contributed by atoms with Gasteiger partial charge in [0.1, 0.15) is 11.6 Å². The van der Waals surface area contributed by atoms with Gasteiger partial charge in [-0.3, -0.25) is 4.90 Å². The molecule has 2 heterocycles. The number of aliphatic carboxylic acids is 1. The molecule has 1 saturated carbocycles. The molecular formula is C26H24F4N2O2. The highest BCUT2D eigenvalue weighted by Crippen LogP contribution is 2.61. The number of carboxylic acid groups (broad SMARTS) is 1. The Balaban J connectivity index is 1.67. The number of alkyl halides is 2. The number of nitrogens with one attached hydrogen (secondary N) is 1. The maximum absolute atomic E-state index is 15.5. The van der Waals surface area contributed by atoms with Gasteiger partial charge < -0.3 is 10.1 Å². The lowest BCUT2D eigenvalue weighted by Gasteiger charge is -2.42. The Labute approximate surface area is 193 Å². The fourth-order valence-corrected chi connectivity index (χ4v) is 5.21. The Morgan fingerprint density at radius 2 is 1.88 bits per heavy atom. The van der Waals surface area contributed by atoms with Crippen LogP contribution < -0.4 is 0 Å². The predicted molar refractivity (Wildman–Crippen MR) is 121 cm³/mol. The molecular weight excluding hydrogens is 448 g/mol. The second-order valence-corrected chi connectivity index (χ2v) is 9.70. The molecule has 1 fully saturated rings. The van der Waals surface area contributed by atoms with Crippen LogP contribution in [0.2, 0.25) is 0 Å². The number of aromatic amines is 1. The topological polar surface area (TPSA) is 56.3 Å². The number of nitrogens with zero attached hydrogens (tertiary/aromatic N) is 1. The van der Waals surface area contributed by atoms with E-state index in [9.17, 15) is 13.6 Å². The Morgan fingerprint density at radius 3 is 2.50 bits per heavy atom. The molecule has 5 rings (SSSR count). The maximum Gasteiger partial charge on any atom is 0.328 e. The summed E-state index contributed by atoms with van der Waals surface area (Å²) >= 11 is 0. The van der Waals surface area contributed by atoms with E-state index < -0.39 is 35.0 Å². The summed E-state index contributed by atoms with van der Waals surface area (Å²) in [6.07, 6.45) is 2.20. The molecule has 0 radical (unpaired) electrons. The fourth-order valence-electron chi connectivity index (χ4n) is 5.21. The van der Waals surface area contributed by atoms with Crippen molar-refractivity contribution in [1.82, 2.24) is 9.88 Å². The Hall–Kier alpha value is -3.13. The number of para-hydroxylation sites is 1. The van der Waals surface area contributed by atoms with Crippen LogP contribution in [0.5, 0.6) is 0 Å². The third-order valence-corrected chi connectivity index (χ3v) is 7.21. The molecule has 2 aromatic carbocycles. The molecule has 1 aromatic heterocycles. The first-order chi connectivity index (χ1) is 16.0. The minimum atomic E-state index is -2.82. The highest BCUT2D eigenvalue weighted by molar-refractivity contribution is 5.86. The molecule has 34 heavy (non-hydrogen) atoms. The van der Waals surface area contributed by atoms with Crippen LogP contribution in [0.15, 0.2) is 42.5 Å². The van der Waals surface area contributed by atoms with Gasteiger partial charge in [-0.05, 0) is 48.7 Å². The second kappa shape index (κ2) is 7.70. The Morgan fingerprint density at radius 1 is 1.24 bits per heavy atom. The molecule has 178 valence electrons. The number of halogens is 4. The molecule has 3 atom stereocenters. The number of fused-ring (bicyclic) bond motifs is 3. The number of carbonyl (C=O) groups is 1. The summed E-state index contributed by atoms with van der Waals surface area (Å²) in [5, 5.41) is 9.77. The molecule has 0 saturated heterocycles. The van der Waals surface area contributed by atoms with Crippen LogP contribution >= 0.6 is 0 Å². The summed E-state index contributed by atoms with van der Waals surface area (Å²) in [7, 11) is 0. The van der Waals surface area contributed by atoms with Crippen molar-refractivity contribution in [3.8, 4) is 0 Å². The van der Waals surface area contributed by atoms with Gasteiger partial charge >= 0.3 is 5.97 Å². The van der Waals surface area contributed by atoms with Crippen molar-refractivity contribution >= 4 is 22.9 Å². The Kier molecular flexibility index (Phi) is 5.13. The lowest BCUT2D eigenvalue weighted by Crippen LogP contribution is -2.46. The highest BCUT2D eigenvalue weighted by Gasteiger charge is 2.68. The van der Waals surface area contributed by atoms with Gasteiger partial charge in [0.05, 0.1) is 6.04 Å². The van der Waals surface area contributed by atoms with Crippen LogP contribution in [0.25, 0.3) is 17.0 Å². The molecule has 0 amide bonds. The quantitative estimate of drug-likeness (QED) is 0.358. The zero-order valence-electron chi connectivity index (χ0n) is 18.7.